The highest BCUT2D eigenvalue weighted by molar-refractivity contribution is 4.84. The van der Waals surface area contributed by atoms with Crippen molar-refractivity contribution in [3.05, 3.63) is 18.0 Å². The molecule has 0 atom stereocenters. The lowest BCUT2D eigenvalue weighted by atomic mass is 10.5. The van der Waals surface area contributed by atoms with E-state index in [1.165, 1.54) is 4.80 Å². The van der Waals surface area contributed by atoms with Crippen LogP contribution in [-0.2, 0) is 20.1 Å². The molecule has 0 saturated heterocycles. The Morgan fingerprint density at radius 2 is 2.18 bits per heavy atom. The third-order valence-electron chi connectivity index (χ3n) is 2.15. The van der Waals surface area contributed by atoms with Crippen LogP contribution in [0.1, 0.15) is 25.0 Å². The molecule has 2 aromatic heterocycles. The van der Waals surface area contributed by atoms with Crippen molar-refractivity contribution in [3.63, 3.8) is 0 Å². The van der Waals surface area contributed by atoms with Crippen LogP contribution in [0.15, 0.2) is 6.33 Å². The van der Waals surface area contributed by atoms with Gasteiger partial charge >= 0.3 is 0 Å². The summed E-state index contributed by atoms with van der Waals surface area (Å²) in [6.07, 6.45) is 2.78. The molecule has 0 aliphatic heterocycles. The first-order valence-corrected chi connectivity index (χ1v) is 5.60. The first kappa shape index (κ1) is 11.6. The Labute approximate surface area is 99.0 Å². The van der Waals surface area contributed by atoms with Gasteiger partial charge in [0.2, 0.25) is 0 Å². The first-order chi connectivity index (χ1) is 8.28. The summed E-state index contributed by atoms with van der Waals surface area (Å²) < 4.78 is 1.71. The average molecular weight is 236 g/mol. The van der Waals surface area contributed by atoms with Crippen molar-refractivity contribution in [2.24, 2.45) is 7.05 Å². The molecule has 92 valence electrons. The zero-order valence-corrected chi connectivity index (χ0v) is 10.0. The van der Waals surface area contributed by atoms with Crippen molar-refractivity contribution < 1.29 is 0 Å². The lowest BCUT2D eigenvalue weighted by Gasteiger charge is -1.97. The minimum absolute atomic E-state index is 0.495. The van der Waals surface area contributed by atoms with Gasteiger partial charge in [0.05, 0.1) is 13.6 Å². The maximum absolute atomic E-state index is 4.31. The van der Waals surface area contributed by atoms with E-state index in [-0.39, 0.29) is 0 Å². The zero-order valence-electron chi connectivity index (χ0n) is 10.0. The van der Waals surface area contributed by atoms with Crippen LogP contribution in [0.25, 0.3) is 0 Å². The molecule has 8 heteroatoms. The number of rotatable bonds is 6. The quantitative estimate of drug-likeness (QED) is 0.671. The molecule has 2 heterocycles. The standard InChI is InChI=1S/C9H16N8/c1-3-4-10-5-8-11-7-17(14-8)6-9-12-15-16(2)13-9/h7,10H,3-6H2,1-2H3. The van der Waals surface area contributed by atoms with Gasteiger partial charge in [-0.15, -0.1) is 10.2 Å². The van der Waals surface area contributed by atoms with E-state index >= 15 is 0 Å². The Balaban J connectivity index is 1.89. The first-order valence-electron chi connectivity index (χ1n) is 5.60. The zero-order chi connectivity index (χ0) is 12.1. The van der Waals surface area contributed by atoms with Crippen molar-refractivity contribution in [1.82, 2.24) is 40.3 Å². The summed E-state index contributed by atoms with van der Waals surface area (Å²) >= 11 is 0. The number of aryl methyl sites for hydroxylation is 1. The molecule has 0 amide bonds. The van der Waals surface area contributed by atoms with E-state index in [0.717, 1.165) is 18.8 Å². The highest BCUT2D eigenvalue weighted by Gasteiger charge is 2.04. The van der Waals surface area contributed by atoms with Crippen LogP contribution in [0, 0.1) is 0 Å². The van der Waals surface area contributed by atoms with Gasteiger partial charge in [0, 0.05) is 0 Å². The highest BCUT2D eigenvalue weighted by Crippen LogP contribution is 1.94. The van der Waals surface area contributed by atoms with E-state index in [1.54, 1.807) is 18.1 Å². The predicted octanol–water partition coefficient (Wildman–Crippen LogP) is -0.650. The smallest absolute Gasteiger partial charge is 0.196 e. The third kappa shape index (κ3) is 3.31. The summed E-state index contributed by atoms with van der Waals surface area (Å²) in [5.41, 5.74) is 0. The topological polar surface area (TPSA) is 86.3 Å². The predicted molar refractivity (Wildman–Crippen MR) is 59.9 cm³/mol. The second kappa shape index (κ2) is 5.48. The maximum atomic E-state index is 4.31. The van der Waals surface area contributed by atoms with Gasteiger partial charge in [-0.1, -0.05) is 6.92 Å². The monoisotopic (exact) mass is 236 g/mol. The lowest BCUT2D eigenvalue weighted by molar-refractivity contribution is 0.605. The normalized spacial score (nSPS) is 10.9. The van der Waals surface area contributed by atoms with Crippen LogP contribution in [0.4, 0.5) is 0 Å². The van der Waals surface area contributed by atoms with Gasteiger partial charge in [0.25, 0.3) is 0 Å². The van der Waals surface area contributed by atoms with Crippen molar-refractivity contribution in [2.45, 2.75) is 26.4 Å². The summed E-state index contributed by atoms with van der Waals surface area (Å²) in [6, 6.07) is 0. The van der Waals surface area contributed by atoms with Crippen LogP contribution >= 0.6 is 0 Å². The minimum atomic E-state index is 0.495. The van der Waals surface area contributed by atoms with E-state index in [4.69, 9.17) is 0 Å². The molecule has 17 heavy (non-hydrogen) atoms. The molecule has 0 bridgehead atoms. The van der Waals surface area contributed by atoms with E-state index < -0.39 is 0 Å². The SMILES string of the molecule is CCCNCc1ncn(Cc2nnn(C)n2)n1. The van der Waals surface area contributed by atoms with E-state index in [9.17, 15) is 0 Å². The molecule has 2 aromatic rings. The number of tetrazole rings is 1. The van der Waals surface area contributed by atoms with Gasteiger partial charge in [-0.25, -0.2) is 9.67 Å². The number of nitrogens with one attached hydrogen (secondary N) is 1. The number of hydrogen-bond acceptors (Lipinski definition) is 6. The number of nitrogens with zero attached hydrogens (tertiary/aromatic N) is 7. The van der Waals surface area contributed by atoms with Gasteiger partial charge < -0.3 is 5.32 Å². The fourth-order valence-corrected chi connectivity index (χ4v) is 1.40. The summed E-state index contributed by atoms with van der Waals surface area (Å²) in [5, 5.41) is 19.3. The summed E-state index contributed by atoms with van der Waals surface area (Å²) in [5.74, 6) is 1.41. The summed E-state index contributed by atoms with van der Waals surface area (Å²) in [6.45, 7) is 4.28. The molecule has 2 rings (SSSR count). The third-order valence-corrected chi connectivity index (χ3v) is 2.15. The van der Waals surface area contributed by atoms with E-state index in [1.807, 2.05) is 0 Å². The molecule has 0 fully saturated rings. The van der Waals surface area contributed by atoms with Crippen molar-refractivity contribution in [2.75, 3.05) is 6.54 Å². The average Bonchev–Trinajstić information content (AvgIpc) is 2.90. The Morgan fingerprint density at radius 3 is 2.88 bits per heavy atom. The molecule has 0 radical (unpaired) electrons. The largest absolute Gasteiger partial charge is 0.310 e. The Hall–Kier alpha value is -1.83. The molecular formula is C9H16N8. The fraction of sp³-hybridized carbons (Fsp3) is 0.667. The van der Waals surface area contributed by atoms with E-state index in [0.29, 0.717) is 18.9 Å². The van der Waals surface area contributed by atoms with Crippen molar-refractivity contribution in [3.8, 4) is 0 Å². The minimum Gasteiger partial charge on any atom is -0.310 e. The Kier molecular flexibility index (Phi) is 3.76. The van der Waals surface area contributed by atoms with E-state index in [2.05, 4.69) is 37.7 Å². The van der Waals surface area contributed by atoms with Crippen LogP contribution in [0.3, 0.4) is 0 Å². The fourth-order valence-electron chi connectivity index (χ4n) is 1.40. The number of hydrogen-bond donors (Lipinski definition) is 1. The Bertz CT molecular complexity index is 459. The molecule has 8 nitrogen and oxygen atoms in total. The molecule has 0 spiro atoms. The molecule has 0 saturated carbocycles. The molecule has 1 N–H and O–H groups in total. The van der Waals surface area contributed by atoms with Crippen LogP contribution in [-0.4, -0.2) is 41.5 Å². The molecule has 0 aliphatic carbocycles. The second-order valence-electron chi connectivity index (χ2n) is 3.73. The number of aromatic nitrogens is 7. The molecular weight excluding hydrogens is 220 g/mol. The van der Waals surface area contributed by atoms with Gasteiger partial charge in [-0.2, -0.15) is 9.90 Å². The van der Waals surface area contributed by atoms with Crippen molar-refractivity contribution >= 4 is 0 Å². The van der Waals surface area contributed by atoms with Crippen molar-refractivity contribution in [1.29, 1.82) is 0 Å². The van der Waals surface area contributed by atoms with Crippen LogP contribution in [0.2, 0.25) is 0 Å². The van der Waals surface area contributed by atoms with Gasteiger partial charge in [0.1, 0.15) is 12.9 Å². The molecule has 0 aliphatic rings. The lowest BCUT2D eigenvalue weighted by Crippen LogP contribution is -2.15. The second-order valence-corrected chi connectivity index (χ2v) is 3.73. The van der Waals surface area contributed by atoms with Crippen LogP contribution < -0.4 is 5.32 Å². The molecule has 0 unspecified atom stereocenters. The van der Waals surface area contributed by atoms with Crippen LogP contribution in [0.5, 0.6) is 0 Å². The summed E-state index contributed by atoms with van der Waals surface area (Å²) in [7, 11) is 1.73. The Morgan fingerprint density at radius 1 is 1.29 bits per heavy atom. The van der Waals surface area contributed by atoms with Gasteiger partial charge in [-0.3, -0.25) is 0 Å². The summed E-state index contributed by atoms with van der Waals surface area (Å²) in [4.78, 5) is 5.62. The highest BCUT2D eigenvalue weighted by atomic mass is 15.6. The maximum Gasteiger partial charge on any atom is 0.196 e. The van der Waals surface area contributed by atoms with Gasteiger partial charge in [0.15, 0.2) is 11.6 Å². The molecule has 0 aromatic carbocycles. The van der Waals surface area contributed by atoms with Gasteiger partial charge in [-0.05, 0) is 18.2 Å².